The molecule has 1 nitrogen and oxygen atoms in total. The van der Waals surface area contributed by atoms with Crippen LogP contribution in [0.3, 0.4) is 0 Å². The Bertz CT molecular complexity index is 364. The van der Waals surface area contributed by atoms with E-state index in [1.807, 2.05) is 26.0 Å². The molecule has 74 valence electrons. The largest absolute Gasteiger partial charge is 0.299 e. The lowest BCUT2D eigenvalue weighted by Gasteiger charge is -2.42. The summed E-state index contributed by atoms with van der Waals surface area (Å²) in [6.07, 6.45) is 0.703. The highest BCUT2D eigenvalue weighted by Crippen LogP contribution is 2.49. The Kier molecular flexibility index (Phi) is 2.26. The summed E-state index contributed by atoms with van der Waals surface area (Å²) in [4.78, 5) is 11.4. The number of rotatable bonds is 1. The third kappa shape index (κ3) is 1.42. The van der Waals surface area contributed by atoms with Crippen LogP contribution >= 0.6 is 15.9 Å². The molecule has 1 aromatic rings. The molecule has 0 bridgehead atoms. The van der Waals surface area contributed by atoms with Crippen LogP contribution in [0.2, 0.25) is 0 Å². The molecule has 1 saturated carbocycles. The van der Waals surface area contributed by atoms with Gasteiger partial charge < -0.3 is 0 Å². The van der Waals surface area contributed by atoms with Gasteiger partial charge in [-0.15, -0.1) is 0 Å². The highest BCUT2D eigenvalue weighted by atomic mass is 79.9. The quantitative estimate of drug-likeness (QED) is 0.748. The zero-order chi connectivity index (χ0) is 10.3. The molecule has 0 aromatic heterocycles. The second-order valence-electron chi connectivity index (χ2n) is 4.45. The molecule has 1 atom stereocenters. The average Bonchev–Trinajstić information content (AvgIpc) is 2.16. The zero-order valence-corrected chi connectivity index (χ0v) is 9.97. The highest BCUT2D eigenvalue weighted by molar-refractivity contribution is 9.10. The smallest absolute Gasteiger partial charge is 0.139 e. The molecule has 1 unspecified atom stereocenters. The van der Waals surface area contributed by atoms with E-state index in [2.05, 4.69) is 28.1 Å². The van der Waals surface area contributed by atoms with E-state index in [9.17, 15) is 4.79 Å². The predicted molar refractivity (Wildman–Crippen MR) is 60.3 cm³/mol. The van der Waals surface area contributed by atoms with Crippen molar-refractivity contribution in [1.29, 1.82) is 0 Å². The third-order valence-electron chi connectivity index (χ3n) is 3.25. The SMILES string of the molecule is CC1(C)C(=O)CC1c1ccc(Br)cc1. The molecular weight excluding hydrogens is 240 g/mol. The van der Waals surface area contributed by atoms with E-state index < -0.39 is 0 Å². The normalized spacial score (nSPS) is 24.5. The van der Waals surface area contributed by atoms with E-state index >= 15 is 0 Å². The van der Waals surface area contributed by atoms with Gasteiger partial charge in [0.05, 0.1) is 0 Å². The number of hydrogen-bond donors (Lipinski definition) is 0. The van der Waals surface area contributed by atoms with Crippen molar-refractivity contribution in [3.05, 3.63) is 34.3 Å². The Morgan fingerprint density at radius 2 is 1.86 bits per heavy atom. The minimum Gasteiger partial charge on any atom is -0.299 e. The second kappa shape index (κ2) is 3.20. The van der Waals surface area contributed by atoms with Crippen LogP contribution in [-0.4, -0.2) is 5.78 Å². The first-order valence-electron chi connectivity index (χ1n) is 4.80. The first-order valence-corrected chi connectivity index (χ1v) is 5.60. The van der Waals surface area contributed by atoms with Gasteiger partial charge in [0.2, 0.25) is 0 Å². The molecule has 0 amide bonds. The molecule has 0 radical (unpaired) electrons. The standard InChI is InChI=1S/C12H13BrO/c1-12(2)10(7-11(12)14)8-3-5-9(13)6-4-8/h3-6,10H,7H2,1-2H3. The van der Waals surface area contributed by atoms with Crippen LogP contribution in [-0.2, 0) is 4.79 Å². The summed E-state index contributed by atoms with van der Waals surface area (Å²) in [6.45, 7) is 4.07. The van der Waals surface area contributed by atoms with E-state index in [1.165, 1.54) is 5.56 Å². The van der Waals surface area contributed by atoms with Gasteiger partial charge in [-0.3, -0.25) is 4.79 Å². The molecule has 2 rings (SSSR count). The fourth-order valence-corrected chi connectivity index (χ4v) is 2.26. The number of carbonyl (C=O) groups is 1. The van der Waals surface area contributed by atoms with Crippen LogP contribution in [0.4, 0.5) is 0 Å². The molecule has 2 heteroatoms. The maximum atomic E-state index is 11.4. The molecule has 1 aromatic carbocycles. The maximum Gasteiger partial charge on any atom is 0.139 e. The van der Waals surface area contributed by atoms with Gasteiger partial charge >= 0.3 is 0 Å². The molecule has 1 aliphatic carbocycles. The number of carbonyl (C=O) groups excluding carboxylic acids is 1. The number of benzene rings is 1. The van der Waals surface area contributed by atoms with E-state index in [4.69, 9.17) is 0 Å². The fourth-order valence-electron chi connectivity index (χ4n) is 2.00. The first kappa shape index (κ1) is 9.91. The second-order valence-corrected chi connectivity index (χ2v) is 5.37. The Morgan fingerprint density at radius 1 is 1.29 bits per heavy atom. The summed E-state index contributed by atoms with van der Waals surface area (Å²) in [5.41, 5.74) is 1.12. The fraction of sp³-hybridized carbons (Fsp3) is 0.417. The lowest BCUT2D eigenvalue weighted by molar-refractivity contribution is -0.137. The van der Waals surface area contributed by atoms with Crippen molar-refractivity contribution < 1.29 is 4.79 Å². The van der Waals surface area contributed by atoms with Crippen molar-refractivity contribution in [2.75, 3.05) is 0 Å². The molecule has 0 saturated heterocycles. The summed E-state index contributed by atoms with van der Waals surface area (Å²) in [7, 11) is 0. The molecule has 0 heterocycles. The molecule has 0 aliphatic heterocycles. The van der Waals surface area contributed by atoms with Crippen molar-refractivity contribution in [3.8, 4) is 0 Å². The van der Waals surface area contributed by atoms with Crippen LogP contribution in [0.25, 0.3) is 0 Å². The Morgan fingerprint density at radius 3 is 2.29 bits per heavy atom. The van der Waals surface area contributed by atoms with Crippen molar-refractivity contribution in [1.82, 2.24) is 0 Å². The Labute approximate surface area is 92.6 Å². The van der Waals surface area contributed by atoms with Gasteiger partial charge in [0.1, 0.15) is 5.78 Å². The average molecular weight is 253 g/mol. The van der Waals surface area contributed by atoms with Gasteiger partial charge in [-0.1, -0.05) is 41.9 Å². The predicted octanol–water partition coefficient (Wildman–Crippen LogP) is 3.53. The monoisotopic (exact) mass is 252 g/mol. The number of Topliss-reactive ketones (excluding diaryl/α,β-unsaturated/α-hetero) is 1. The van der Waals surface area contributed by atoms with E-state index in [-0.39, 0.29) is 5.41 Å². The molecule has 1 fully saturated rings. The van der Waals surface area contributed by atoms with Crippen molar-refractivity contribution in [2.45, 2.75) is 26.2 Å². The third-order valence-corrected chi connectivity index (χ3v) is 3.78. The summed E-state index contributed by atoms with van der Waals surface area (Å²) < 4.78 is 1.09. The number of ketones is 1. The van der Waals surface area contributed by atoms with Crippen molar-refractivity contribution in [3.63, 3.8) is 0 Å². The molecule has 0 spiro atoms. The summed E-state index contributed by atoms with van der Waals surface area (Å²) in [6, 6.07) is 8.27. The van der Waals surface area contributed by atoms with Gasteiger partial charge in [0, 0.05) is 22.2 Å². The Balaban J connectivity index is 2.26. The van der Waals surface area contributed by atoms with Crippen LogP contribution in [0.1, 0.15) is 31.7 Å². The van der Waals surface area contributed by atoms with Gasteiger partial charge in [0.25, 0.3) is 0 Å². The summed E-state index contributed by atoms with van der Waals surface area (Å²) in [5, 5.41) is 0. The van der Waals surface area contributed by atoms with E-state index in [1.54, 1.807) is 0 Å². The maximum absolute atomic E-state index is 11.4. The van der Waals surface area contributed by atoms with Gasteiger partial charge in [-0.05, 0) is 17.7 Å². The molecule has 0 N–H and O–H groups in total. The van der Waals surface area contributed by atoms with Gasteiger partial charge in [-0.25, -0.2) is 0 Å². The van der Waals surface area contributed by atoms with Crippen LogP contribution in [0.5, 0.6) is 0 Å². The number of hydrogen-bond acceptors (Lipinski definition) is 1. The van der Waals surface area contributed by atoms with Crippen LogP contribution in [0.15, 0.2) is 28.7 Å². The van der Waals surface area contributed by atoms with Crippen LogP contribution in [0, 0.1) is 5.41 Å². The summed E-state index contributed by atoms with van der Waals surface area (Å²) >= 11 is 3.41. The lowest BCUT2D eigenvalue weighted by atomic mass is 9.59. The minimum absolute atomic E-state index is 0.159. The summed E-state index contributed by atoms with van der Waals surface area (Å²) in [5.74, 6) is 0.786. The molecule has 14 heavy (non-hydrogen) atoms. The minimum atomic E-state index is -0.159. The molecule has 1 aliphatic rings. The van der Waals surface area contributed by atoms with Gasteiger partial charge in [0.15, 0.2) is 0 Å². The number of halogens is 1. The Hall–Kier alpha value is -0.630. The topological polar surface area (TPSA) is 17.1 Å². The molecular formula is C12H13BrO. The first-order chi connectivity index (χ1) is 6.51. The van der Waals surface area contributed by atoms with Crippen LogP contribution < -0.4 is 0 Å². The lowest BCUT2D eigenvalue weighted by Crippen LogP contribution is -2.43. The van der Waals surface area contributed by atoms with E-state index in [0.29, 0.717) is 18.1 Å². The zero-order valence-electron chi connectivity index (χ0n) is 8.38. The van der Waals surface area contributed by atoms with Crippen molar-refractivity contribution in [2.24, 2.45) is 5.41 Å². The van der Waals surface area contributed by atoms with Gasteiger partial charge in [-0.2, -0.15) is 0 Å². The van der Waals surface area contributed by atoms with Crippen molar-refractivity contribution >= 4 is 21.7 Å². The highest BCUT2D eigenvalue weighted by Gasteiger charge is 2.47. The van der Waals surface area contributed by atoms with E-state index in [0.717, 1.165) is 4.47 Å².